The van der Waals surface area contributed by atoms with Crippen molar-refractivity contribution in [3.63, 3.8) is 0 Å². The Hall–Kier alpha value is -0.220. The summed E-state index contributed by atoms with van der Waals surface area (Å²) in [5, 5.41) is 13.3. The molecule has 1 aliphatic carbocycles. The van der Waals surface area contributed by atoms with Gasteiger partial charge in [-0.3, -0.25) is 4.79 Å². The van der Waals surface area contributed by atoms with Crippen LogP contribution >= 0.6 is 11.8 Å². The van der Waals surface area contributed by atoms with Crippen molar-refractivity contribution in [1.82, 2.24) is 5.32 Å². The van der Waals surface area contributed by atoms with Gasteiger partial charge in [-0.25, -0.2) is 0 Å². The third-order valence-electron chi connectivity index (χ3n) is 4.03. The summed E-state index contributed by atoms with van der Waals surface area (Å²) in [5.74, 6) is 0.0769. The Morgan fingerprint density at radius 1 is 1.56 bits per heavy atom. The number of hydrogen-bond acceptors (Lipinski definition) is 3. The standard InChI is InChI=1S/C14H27NO2S/c1-10-6-5-7-12(8-10)18-11(2)9-14(3,15-4)13(16)17/h10-12,15H,5-9H2,1-4H3,(H,16,17). The Kier molecular flexibility index (Phi) is 5.99. The molecule has 0 aliphatic heterocycles. The SMILES string of the molecule is CNC(C)(CC(C)SC1CCCC(C)C1)C(=O)O. The van der Waals surface area contributed by atoms with E-state index in [-0.39, 0.29) is 0 Å². The molecule has 4 unspecified atom stereocenters. The first-order chi connectivity index (χ1) is 8.37. The molecule has 4 atom stereocenters. The molecule has 18 heavy (non-hydrogen) atoms. The summed E-state index contributed by atoms with van der Waals surface area (Å²) in [7, 11) is 1.73. The van der Waals surface area contributed by atoms with Crippen molar-refractivity contribution in [3.05, 3.63) is 0 Å². The molecule has 2 N–H and O–H groups in total. The molecule has 1 fully saturated rings. The zero-order chi connectivity index (χ0) is 13.8. The molecule has 0 amide bonds. The average Bonchev–Trinajstić information content (AvgIpc) is 2.28. The highest BCUT2D eigenvalue weighted by molar-refractivity contribution is 8.00. The minimum atomic E-state index is -0.799. The summed E-state index contributed by atoms with van der Waals surface area (Å²) >= 11 is 1.98. The first-order valence-electron chi connectivity index (χ1n) is 6.95. The van der Waals surface area contributed by atoms with Crippen LogP contribution in [-0.2, 0) is 4.79 Å². The van der Waals surface area contributed by atoms with Crippen LogP contribution in [0.25, 0.3) is 0 Å². The number of likely N-dealkylation sites (N-methyl/N-ethyl adjacent to an activating group) is 1. The number of nitrogens with one attached hydrogen (secondary N) is 1. The van der Waals surface area contributed by atoms with E-state index in [1.165, 1.54) is 25.7 Å². The van der Waals surface area contributed by atoms with Gasteiger partial charge in [0.1, 0.15) is 5.54 Å². The number of hydrogen-bond donors (Lipinski definition) is 2. The summed E-state index contributed by atoms with van der Waals surface area (Å²) in [6, 6.07) is 0. The lowest BCUT2D eigenvalue weighted by Crippen LogP contribution is -2.49. The van der Waals surface area contributed by atoms with Crippen molar-refractivity contribution in [2.75, 3.05) is 7.05 Å². The molecule has 0 heterocycles. The fourth-order valence-corrected chi connectivity index (χ4v) is 4.58. The monoisotopic (exact) mass is 273 g/mol. The van der Waals surface area contributed by atoms with Gasteiger partial charge in [-0.15, -0.1) is 0 Å². The van der Waals surface area contributed by atoms with E-state index in [0.29, 0.717) is 11.7 Å². The van der Waals surface area contributed by atoms with Crippen LogP contribution < -0.4 is 5.32 Å². The molecule has 0 bridgehead atoms. The summed E-state index contributed by atoms with van der Waals surface area (Å²) in [4.78, 5) is 11.3. The van der Waals surface area contributed by atoms with Gasteiger partial charge in [-0.05, 0) is 39.2 Å². The molecule has 0 aromatic rings. The molecular formula is C14H27NO2S. The molecule has 0 aromatic heterocycles. The van der Waals surface area contributed by atoms with E-state index in [2.05, 4.69) is 19.2 Å². The second-order valence-electron chi connectivity index (χ2n) is 5.93. The van der Waals surface area contributed by atoms with Gasteiger partial charge in [0.05, 0.1) is 0 Å². The maximum atomic E-state index is 11.3. The lowest BCUT2D eigenvalue weighted by atomic mass is 9.90. The second kappa shape index (κ2) is 6.80. The summed E-state index contributed by atoms with van der Waals surface area (Å²) in [5.41, 5.74) is -0.799. The van der Waals surface area contributed by atoms with E-state index in [4.69, 9.17) is 0 Å². The fourth-order valence-electron chi connectivity index (χ4n) is 2.75. The van der Waals surface area contributed by atoms with Crippen molar-refractivity contribution < 1.29 is 9.90 Å². The lowest BCUT2D eigenvalue weighted by molar-refractivity contribution is -0.144. The highest BCUT2D eigenvalue weighted by Crippen LogP contribution is 2.36. The first kappa shape index (κ1) is 15.8. The van der Waals surface area contributed by atoms with Crippen molar-refractivity contribution in [3.8, 4) is 0 Å². The van der Waals surface area contributed by atoms with Gasteiger partial charge in [0.2, 0.25) is 0 Å². The van der Waals surface area contributed by atoms with Crippen LogP contribution in [0.2, 0.25) is 0 Å². The maximum Gasteiger partial charge on any atom is 0.323 e. The third-order valence-corrected chi connectivity index (χ3v) is 5.48. The molecule has 0 aromatic carbocycles. The number of carboxylic acid groups (broad SMARTS) is 1. The van der Waals surface area contributed by atoms with Crippen LogP contribution in [-0.4, -0.2) is 34.2 Å². The van der Waals surface area contributed by atoms with Crippen molar-refractivity contribution in [1.29, 1.82) is 0 Å². The number of carboxylic acids is 1. The number of aliphatic carboxylic acids is 1. The van der Waals surface area contributed by atoms with Gasteiger partial charge < -0.3 is 10.4 Å². The predicted octanol–water partition coefficient (Wildman–Crippen LogP) is 3.14. The Bertz CT molecular complexity index is 285. The second-order valence-corrected chi connectivity index (χ2v) is 7.68. The van der Waals surface area contributed by atoms with E-state index in [1.807, 2.05) is 11.8 Å². The van der Waals surface area contributed by atoms with Gasteiger partial charge in [-0.1, -0.05) is 26.7 Å². The van der Waals surface area contributed by atoms with E-state index < -0.39 is 11.5 Å². The smallest absolute Gasteiger partial charge is 0.323 e. The fraction of sp³-hybridized carbons (Fsp3) is 0.929. The molecule has 1 aliphatic rings. The van der Waals surface area contributed by atoms with Crippen LogP contribution in [0, 0.1) is 5.92 Å². The van der Waals surface area contributed by atoms with Crippen LogP contribution in [0.1, 0.15) is 52.9 Å². The molecular weight excluding hydrogens is 246 g/mol. The normalized spacial score (nSPS) is 29.6. The van der Waals surface area contributed by atoms with Crippen molar-refractivity contribution >= 4 is 17.7 Å². The molecule has 0 radical (unpaired) electrons. The molecule has 4 heteroatoms. The van der Waals surface area contributed by atoms with Crippen LogP contribution in [0.3, 0.4) is 0 Å². The quantitative estimate of drug-likeness (QED) is 0.780. The zero-order valence-corrected chi connectivity index (χ0v) is 12.8. The molecule has 3 nitrogen and oxygen atoms in total. The first-order valence-corrected chi connectivity index (χ1v) is 7.89. The highest BCUT2D eigenvalue weighted by Gasteiger charge is 2.34. The Morgan fingerprint density at radius 3 is 2.72 bits per heavy atom. The third kappa shape index (κ3) is 4.47. The molecule has 1 saturated carbocycles. The lowest BCUT2D eigenvalue weighted by Gasteiger charge is -2.32. The summed E-state index contributed by atoms with van der Waals surface area (Å²) in [6.45, 7) is 6.25. The Morgan fingerprint density at radius 2 is 2.22 bits per heavy atom. The summed E-state index contributed by atoms with van der Waals surface area (Å²) in [6.07, 6.45) is 5.94. The number of thioether (sulfide) groups is 1. The zero-order valence-electron chi connectivity index (χ0n) is 12.0. The Balaban J connectivity index is 2.45. The number of rotatable bonds is 6. The van der Waals surface area contributed by atoms with Crippen LogP contribution in [0.5, 0.6) is 0 Å². The predicted molar refractivity (Wildman–Crippen MR) is 78.2 cm³/mol. The number of carbonyl (C=O) groups is 1. The average molecular weight is 273 g/mol. The summed E-state index contributed by atoms with van der Waals surface area (Å²) < 4.78 is 0. The minimum absolute atomic E-state index is 0.383. The van der Waals surface area contributed by atoms with Gasteiger partial charge in [0.25, 0.3) is 0 Å². The largest absolute Gasteiger partial charge is 0.480 e. The Labute approximate surface area is 115 Å². The van der Waals surface area contributed by atoms with Gasteiger partial charge in [0.15, 0.2) is 0 Å². The van der Waals surface area contributed by atoms with E-state index >= 15 is 0 Å². The highest BCUT2D eigenvalue weighted by atomic mass is 32.2. The maximum absolute atomic E-state index is 11.3. The van der Waals surface area contributed by atoms with E-state index in [1.54, 1.807) is 14.0 Å². The van der Waals surface area contributed by atoms with Gasteiger partial charge >= 0.3 is 5.97 Å². The molecule has 106 valence electrons. The van der Waals surface area contributed by atoms with Gasteiger partial charge in [-0.2, -0.15) is 11.8 Å². The molecule has 0 spiro atoms. The minimum Gasteiger partial charge on any atom is -0.480 e. The van der Waals surface area contributed by atoms with E-state index in [0.717, 1.165) is 11.2 Å². The molecule has 1 rings (SSSR count). The van der Waals surface area contributed by atoms with E-state index in [9.17, 15) is 9.90 Å². The van der Waals surface area contributed by atoms with Crippen LogP contribution in [0.4, 0.5) is 0 Å². The van der Waals surface area contributed by atoms with Gasteiger partial charge in [0, 0.05) is 10.5 Å². The van der Waals surface area contributed by atoms with Crippen molar-refractivity contribution in [2.45, 2.75) is 68.9 Å². The van der Waals surface area contributed by atoms with Crippen molar-refractivity contribution in [2.24, 2.45) is 5.92 Å². The topological polar surface area (TPSA) is 49.3 Å². The molecule has 0 saturated heterocycles. The van der Waals surface area contributed by atoms with Crippen LogP contribution in [0.15, 0.2) is 0 Å².